The average molecular weight is 363 g/mol. The summed E-state index contributed by atoms with van der Waals surface area (Å²) in [6.45, 7) is 0. The van der Waals surface area contributed by atoms with Gasteiger partial charge in [-0.25, -0.2) is 22.8 Å². The summed E-state index contributed by atoms with van der Waals surface area (Å²) in [5, 5.41) is 7.92. The summed E-state index contributed by atoms with van der Waals surface area (Å²) < 4.78 is 35.8. The van der Waals surface area contributed by atoms with Gasteiger partial charge in [0, 0.05) is 5.69 Å². The molecule has 1 saturated heterocycles. The lowest BCUT2D eigenvalue weighted by molar-refractivity contribution is -0.121. The number of anilines is 2. The summed E-state index contributed by atoms with van der Waals surface area (Å²) in [5.74, 6) is -1.41. The summed E-state index contributed by atoms with van der Waals surface area (Å²) >= 11 is 0. The molecule has 3 rings (SSSR count). The van der Waals surface area contributed by atoms with E-state index in [-0.39, 0.29) is 17.0 Å². The third kappa shape index (κ3) is 3.52. The van der Waals surface area contributed by atoms with Crippen molar-refractivity contribution in [3.05, 3.63) is 54.3 Å². The quantitative estimate of drug-likeness (QED) is 0.794. The highest BCUT2D eigenvalue weighted by atomic mass is 32.2. The highest BCUT2D eigenvalue weighted by Gasteiger charge is 2.39. The Morgan fingerprint density at radius 1 is 1.12 bits per heavy atom. The largest absolute Gasteiger partial charge is 0.373 e. The Morgan fingerprint density at radius 2 is 1.80 bits per heavy atom. The average Bonchev–Trinajstić information content (AvgIpc) is 2.82. The van der Waals surface area contributed by atoms with Gasteiger partial charge in [0.1, 0.15) is 11.9 Å². The zero-order valence-corrected chi connectivity index (χ0v) is 13.7. The molecule has 1 aliphatic rings. The fraction of sp³-hybridized carbons (Fsp3) is 0.125. The topological polar surface area (TPSA) is 110 Å². The van der Waals surface area contributed by atoms with Crippen molar-refractivity contribution in [3.63, 3.8) is 0 Å². The van der Waals surface area contributed by atoms with Crippen LogP contribution in [0.15, 0.2) is 53.4 Å². The molecular weight excluding hydrogens is 349 g/mol. The summed E-state index contributed by atoms with van der Waals surface area (Å²) in [7, 11) is -3.88. The number of imide groups is 1. The smallest absolute Gasteiger partial charge is 0.256 e. The Bertz CT molecular complexity index is 944. The van der Waals surface area contributed by atoms with Crippen LogP contribution in [0.25, 0.3) is 0 Å². The van der Waals surface area contributed by atoms with Crippen LogP contribution in [0.2, 0.25) is 0 Å². The maximum Gasteiger partial charge on any atom is 0.256 e. The number of sulfonamides is 1. The minimum Gasteiger partial charge on any atom is -0.373 e. The van der Waals surface area contributed by atoms with Crippen LogP contribution in [0.5, 0.6) is 0 Å². The zero-order chi connectivity index (χ0) is 18.2. The van der Waals surface area contributed by atoms with E-state index in [4.69, 9.17) is 5.14 Å². The standard InChI is InChI=1S/C16H14FN3O4S/c17-10-4-6-12(7-5-10)20-15(21)9-14(16(20)22)19-11-2-1-3-13(8-11)25(18,23)24/h1-8,14,19H,9H2,(H2,18,23,24). The number of carbonyl (C=O) groups is 2. The number of rotatable bonds is 4. The Labute approximate surface area is 143 Å². The molecule has 0 spiro atoms. The number of nitrogens with one attached hydrogen (secondary N) is 1. The van der Waals surface area contributed by atoms with Gasteiger partial charge in [0.25, 0.3) is 5.91 Å². The molecule has 0 saturated carbocycles. The number of nitrogens with two attached hydrogens (primary N) is 1. The van der Waals surface area contributed by atoms with E-state index < -0.39 is 33.7 Å². The van der Waals surface area contributed by atoms with E-state index in [1.165, 1.54) is 30.3 Å². The second kappa shape index (κ2) is 6.26. The van der Waals surface area contributed by atoms with Gasteiger partial charge in [-0.2, -0.15) is 0 Å². The third-order valence-electron chi connectivity index (χ3n) is 3.73. The fourth-order valence-corrected chi connectivity index (χ4v) is 3.13. The number of benzene rings is 2. The van der Waals surface area contributed by atoms with Gasteiger partial charge in [0.2, 0.25) is 15.9 Å². The maximum absolute atomic E-state index is 13.0. The summed E-state index contributed by atoms with van der Waals surface area (Å²) in [4.78, 5) is 25.5. The van der Waals surface area contributed by atoms with Crippen LogP contribution in [0.4, 0.5) is 15.8 Å². The van der Waals surface area contributed by atoms with Crippen LogP contribution < -0.4 is 15.4 Å². The highest BCUT2D eigenvalue weighted by molar-refractivity contribution is 7.89. The van der Waals surface area contributed by atoms with Gasteiger partial charge >= 0.3 is 0 Å². The second-order valence-electron chi connectivity index (χ2n) is 5.52. The first kappa shape index (κ1) is 17.1. The normalized spacial score (nSPS) is 17.8. The fourth-order valence-electron chi connectivity index (χ4n) is 2.57. The second-order valence-corrected chi connectivity index (χ2v) is 7.08. The molecule has 0 radical (unpaired) electrons. The highest BCUT2D eigenvalue weighted by Crippen LogP contribution is 2.25. The molecule has 7 nitrogen and oxygen atoms in total. The first-order valence-electron chi connectivity index (χ1n) is 7.27. The number of halogens is 1. The third-order valence-corrected chi connectivity index (χ3v) is 4.65. The Morgan fingerprint density at radius 3 is 2.44 bits per heavy atom. The SMILES string of the molecule is NS(=O)(=O)c1cccc(NC2CC(=O)N(c3ccc(F)cc3)C2=O)c1. The number of primary sulfonamides is 1. The van der Waals surface area contributed by atoms with Crippen LogP contribution in [0, 0.1) is 5.82 Å². The van der Waals surface area contributed by atoms with E-state index in [1.807, 2.05) is 0 Å². The molecule has 1 fully saturated rings. The van der Waals surface area contributed by atoms with Crippen LogP contribution >= 0.6 is 0 Å². The van der Waals surface area contributed by atoms with Crippen molar-refractivity contribution in [2.45, 2.75) is 17.4 Å². The lowest BCUT2D eigenvalue weighted by Crippen LogP contribution is -2.34. The number of hydrogen-bond acceptors (Lipinski definition) is 5. The Kier molecular flexibility index (Phi) is 4.27. The number of amides is 2. The van der Waals surface area contributed by atoms with Gasteiger partial charge in [0.15, 0.2) is 0 Å². The molecule has 1 aliphatic heterocycles. The molecule has 0 bridgehead atoms. The van der Waals surface area contributed by atoms with E-state index in [1.54, 1.807) is 6.07 Å². The van der Waals surface area contributed by atoms with Crippen molar-refractivity contribution in [2.24, 2.45) is 5.14 Å². The number of hydrogen-bond donors (Lipinski definition) is 2. The van der Waals surface area contributed by atoms with Gasteiger partial charge in [-0.3, -0.25) is 9.59 Å². The molecule has 2 aromatic rings. The van der Waals surface area contributed by atoms with Crippen LogP contribution in [-0.2, 0) is 19.6 Å². The van der Waals surface area contributed by atoms with Crippen molar-refractivity contribution in [1.82, 2.24) is 0 Å². The molecule has 3 N–H and O–H groups in total. The van der Waals surface area contributed by atoms with E-state index in [0.717, 1.165) is 17.0 Å². The van der Waals surface area contributed by atoms with Gasteiger partial charge in [-0.15, -0.1) is 0 Å². The summed E-state index contributed by atoms with van der Waals surface area (Å²) in [6, 6.07) is 9.80. The van der Waals surface area contributed by atoms with E-state index in [9.17, 15) is 22.4 Å². The van der Waals surface area contributed by atoms with Crippen molar-refractivity contribution in [3.8, 4) is 0 Å². The van der Waals surface area contributed by atoms with Gasteiger partial charge < -0.3 is 5.32 Å². The van der Waals surface area contributed by atoms with E-state index in [2.05, 4.69) is 5.32 Å². The van der Waals surface area contributed by atoms with Crippen molar-refractivity contribution >= 4 is 33.2 Å². The van der Waals surface area contributed by atoms with Crippen LogP contribution in [0.1, 0.15) is 6.42 Å². The van der Waals surface area contributed by atoms with Crippen LogP contribution in [-0.4, -0.2) is 26.3 Å². The molecular formula is C16H14FN3O4S. The Balaban J connectivity index is 1.82. The van der Waals surface area contributed by atoms with Gasteiger partial charge in [0.05, 0.1) is 17.0 Å². The number of carbonyl (C=O) groups excluding carboxylic acids is 2. The molecule has 1 heterocycles. The minimum absolute atomic E-state index is 0.101. The van der Waals surface area contributed by atoms with E-state index >= 15 is 0 Å². The molecule has 0 aliphatic carbocycles. The van der Waals surface area contributed by atoms with Crippen molar-refractivity contribution in [2.75, 3.05) is 10.2 Å². The molecule has 2 aromatic carbocycles. The molecule has 2 amide bonds. The van der Waals surface area contributed by atoms with Crippen LogP contribution in [0.3, 0.4) is 0 Å². The lowest BCUT2D eigenvalue weighted by Gasteiger charge is -2.16. The summed E-state index contributed by atoms with van der Waals surface area (Å²) in [5.41, 5.74) is 0.623. The predicted molar refractivity (Wildman–Crippen MR) is 88.7 cm³/mol. The predicted octanol–water partition coefficient (Wildman–Crippen LogP) is 1.22. The monoisotopic (exact) mass is 363 g/mol. The molecule has 1 unspecified atom stereocenters. The first-order valence-corrected chi connectivity index (χ1v) is 8.82. The minimum atomic E-state index is -3.88. The molecule has 130 valence electrons. The maximum atomic E-state index is 13.0. The molecule has 0 aromatic heterocycles. The molecule has 9 heteroatoms. The first-order chi connectivity index (χ1) is 11.8. The molecule has 25 heavy (non-hydrogen) atoms. The van der Waals surface area contributed by atoms with Gasteiger partial charge in [-0.1, -0.05) is 6.07 Å². The Hall–Kier alpha value is -2.78. The lowest BCUT2D eigenvalue weighted by atomic mass is 10.2. The zero-order valence-electron chi connectivity index (χ0n) is 12.8. The summed E-state index contributed by atoms with van der Waals surface area (Å²) in [6.07, 6.45) is -0.101. The van der Waals surface area contributed by atoms with Crippen molar-refractivity contribution < 1.29 is 22.4 Å². The molecule has 1 atom stereocenters. The van der Waals surface area contributed by atoms with E-state index in [0.29, 0.717) is 5.69 Å². The number of nitrogens with zero attached hydrogens (tertiary/aromatic N) is 1. The van der Waals surface area contributed by atoms with Crippen molar-refractivity contribution in [1.29, 1.82) is 0 Å². The van der Waals surface area contributed by atoms with Gasteiger partial charge in [-0.05, 0) is 42.5 Å².